The number of carbonyl (C=O) groups is 2. The Bertz CT molecular complexity index is 689. The lowest BCUT2D eigenvalue weighted by atomic mass is 9.83. The molecule has 3 aliphatic rings. The van der Waals surface area contributed by atoms with Gasteiger partial charge in [-0.1, -0.05) is 0 Å². The molecule has 2 fully saturated rings. The number of ether oxygens (including phenoxy) is 1. The van der Waals surface area contributed by atoms with E-state index in [1.807, 2.05) is 23.1 Å². The summed E-state index contributed by atoms with van der Waals surface area (Å²) in [6.45, 7) is 6.47. The first kappa shape index (κ1) is 16.4. The normalized spacial score (nSPS) is 22.5. The summed E-state index contributed by atoms with van der Waals surface area (Å²) >= 11 is 0. The predicted octanol–water partition coefficient (Wildman–Crippen LogP) is 1.44. The summed E-state index contributed by atoms with van der Waals surface area (Å²) in [6.07, 6.45) is 2.24. The van der Waals surface area contributed by atoms with Crippen molar-refractivity contribution < 1.29 is 14.3 Å². The molecular weight excluding hydrogens is 318 g/mol. The summed E-state index contributed by atoms with van der Waals surface area (Å²) in [7, 11) is 0. The number of ketones is 1. The number of piperidine rings is 1. The van der Waals surface area contributed by atoms with Gasteiger partial charge in [-0.2, -0.15) is 0 Å². The van der Waals surface area contributed by atoms with E-state index in [1.165, 1.54) is 0 Å². The van der Waals surface area contributed by atoms with E-state index < -0.39 is 0 Å². The minimum absolute atomic E-state index is 0.126. The Hall–Kier alpha value is -2.08. The molecule has 134 valence electrons. The molecule has 0 unspecified atom stereocenters. The Kier molecular flexibility index (Phi) is 4.15. The van der Waals surface area contributed by atoms with Crippen molar-refractivity contribution in [1.82, 2.24) is 10.2 Å². The third kappa shape index (κ3) is 3.11. The van der Waals surface area contributed by atoms with Crippen LogP contribution in [0, 0.1) is 0 Å². The van der Waals surface area contributed by atoms with Crippen LogP contribution in [0.25, 0.3) is 0 Å². The quantitative estimate of drug-likeness (QED) is 0.836. The molecule has 0 aliphatic carbocycles. The van der Waals surface area contributed by atoms with Crippen LogP contribution in [0.4, 0.5) is 5.69 Å². The van der Waals surface area contributed by atoms with Crippen molar-refractivity contribution in [3.8, 4) is 5.75 Å². The topological polar surface area (TPSA) is 61.9 Å². The SMILES string of the molecule is CC(=O)N1CCN(c2ccc3c(c2)C(=O)CC2(CCNCC2)O3)CC1. The fraction of sp³-hybridized carbons (Fsp3) is 0.579. The van der Waals surface area contributed by atoms with Gasteiger partial charge in [0.25, 0.3) is 0 Å². The molecule has 2 saturated heterocycles. The number of nitrogens with zero attached hydrogens (tertiary/aromatic N) is 2. The molecule has 1 N–H and O–H groups in total. The molecule has 0 saturated carbocycles. The van der Waals surface area contributed by atoms with Crippen LogP contribution in [0.15, 0.2) is 18.2 Å². The highest BCUT2D eigenvalue weighted by Crippen LogP contribution is 2.39. The number of piperazine rings is 1. The molecule has 6 heteroatoms. The minimum Gasteiger partial charge on any atom is -0.486 e. The molecule has 25 heavy (non-hydrogen) atoms. The number of hydrogen-bond acceptors (Lipinski definition) is 5. The van der Waals surface area contributed by atoms with E-state index in [0.717, 1.165) is 63.5 Å². The maximum absolute atomic E-state index is 12.8. The van der Waals surface area contributed by atoms with Crippen LogP contribution in [-0.4, -0.2) is 61.5 Å². The number of amides is 1. The Balaban J connectivity index is 1.52. The molecule has 6 nitrogen and oxygen atoms in total. The molecule has 0 bridgehead atoms. The average Bonchev–Trinajstić information content (AvgIpc) is 2.62. The van der Waals surface area contributed by atoms with E-state index in [-0.39, 0.29) is 17.3 Å². The van der Waals surface area contributed by atoms with Crippen LogP contribution < -0.4 is 15.0 Å². The van der Waals surface area contributed by atoms with Gasteiger partial charge >= 0.3 is 0 Å². The Labute approximate surface area is 148 Å². The third-order valence-corrected chi connectivity index (χ3v) is 5.68. The molecule has 1 aromatic carbocycles. The van der Waals surface area contributed by atoms with Crippen LogP contribution in [0.1, 0.15) is 36.5 Å². The van der Waals surface area contributed by atoms with E-state index in [0.29, 0.717) is 12.0 Å². The van der Waals surface area contributed by atoms with Crippen molar-refractivity contribution in [3.05, 3.63) is 23.8 Å². The number of rotatable bonds is 1. The van der Waals surface area contributed by atoms with Crippen molar-refractivity contribution in [1.29, 1.82) is 0 Å². The number of nitrogens with one attached hydrogen (secondary N) is 1. The maximum atomic E-state index is 12.8. The fourth-order valence-corrected chi connectivity index (χ4v) is 4.12. The highest BCUT2D eigenvalue weighted by atomic mass is 16.5. The third-order valence-electron chi connectivity index (χ3n) is 5.68. The fourth-order valence-electron chi connectivity index (χ4n) is 4.12. The van der Waals surface area contributed by atoms with Gasteiger partial charge in [-0.3, -0.25) is 9.59 Å². The second-order valence-electron chi connectivity index (χ2n) is 7.31. The highest BCUT2D eigenvalue weighted by molar-refractivity contribution is 6.01. The molecule has 3 heterocycles. The standard InChI is InChI=1S/C19H25N3O3/c1-14(23)21-8-10-22(11-9-21)15-2-3-18-16(12-15)17(24)13-19(25-18)4-6-20-7-5-19/h2-3,12,20H,4-11,13H2,1H3. The van der Waals surface area contributed by atoms with Crippen LogP contribution in [0.3, 0.4) is 0 Å². The van der Waals surface area contributed by atoms with Crippen LogP contribution in [0.5, 0.6) is 5.75 Å². The number of anilines is 1. The smallest absolute Gasteiger partial charge is 0.219 e. The number of Topliss-reactive ketones (excluding diaryl/α,β-unsaturated/α-hetero) is 1. The number of carbonyl (C=O) groups excluding carboxylic acids is 2. The highest BCUT2D eigenvalue weighted by Gasteiger charge is 2.41. The van der Waals surface area contributed by atoms with E-state index in [1.54, 1.807) is 6.92 Å². The lowest BCUT2D eigenvalue weighted by molar-refractivity contribution is -0.129. The summed E-state index contributed by atoms with van der Waals surface area (Å²) in [5.41, 5.74) is 1.43. The monoisotopic (exact) mass is 343 g/mol. The Morgan fingerprint density at radius 1 is 1.16 bits per heavy atom. The molecule has 3 aliphatic heterocycles. The summed E-state index contributed by atoms with van der Waals surface area (Å²) in [5.74, 6) is 1.04. The number of hydrogen-bond donors (Lipinski definition) is 1. The zero-order valence-electron chi connectivity index (χ0n) is 14.7. The van der Waals surface area contributed by atoms with Gasteiger partial charge in [0.15, 0.2) is 5.78 Å². The van der Waals surface area contributed by atoms with Crippen molar-refractivity contribution in [2.75, 3.05) is 44.2 Å². The van der Waals surface area contributed by atoms with Gasteiger partial charge < -0.3 is 19.9 Å². The van der Waals surface area contributed by atoms with Gasteiger partial charge in [-0.15, -0.1) is 0 Å². The van der Waals surface area contributed by atoms with Gasteiger partial charge in [0.1, 0.15) is 11.4 Å². The van der Waals surface area contributed by atoms with E-state index >= 15 is 0 Å². The molecule has 1 aromatic rings. The first-order valence-corrected chi connectivity index (χ1v) is 9.14. The van der Waals surface area contributed by atoms with Crippen LogP contribution in [0.2, 0.25) is 0 Å². The molecule has 4 rings (SSSR count). The van der Waals surface area contributed by atoms with Gasteiger partial charge in [-0.25, -0.2) is 0 Å². The average molecular weight is 343 g/mol. The van der Waals surface area contributed by atoms with Crippen molar-refractivity contribution in [2.45, 2.75) is 31.8 Å². The first-order valence-electron chi connectivity index (χ1n) is 9.14. The van der Waals surface area contributed by atoms with Crippen molar-refractivity contribution >= 4 is 17.4 Å². The summed E-state index contributed by atoms with van der Waals surface area (Å²) in [5, 5.41) is 3.33. The molecule has 1 spiro atoms. The van der Waals surface area contributed by atoms with E-state index in [4.69, 9.17) is 4.74 Å². The largest absolute Gasteiger partial charge is 0.486 e. The lowest BCUT2D eigenvalue weighted by Crippen LogP contribution is -2.50. The predicted molar refractivity (Wildman–Crippen MR) is 95.3 cm³/mol. The van der Waals surface area contributed by atoms with Crippen LogP contribution in [-0.2, 0) is 4.79 Å². The number of benzene rings is 1. The van der Waals surface area contributed by atoms with Crippen molar-refractivity contribution in [3.63, 3.8) is 0 Å². The van der Waals surface area contributed by atoms with Crippen LogP contribution >= 0.6 is 0 Å². The van der Waals surface area contributed by atoms with E-state index in [9.17, 15) is 9.59 Å². The summed E-state index contributed by atoms with van der Waals surface area (Å²) < 4.78 is 6.29. The zero-order chi connectivity index (χ0) is 17.4. The second-order valence-corrected chi connectivity index (χ2v) is 7.31. The van der Waals surface area contributed by atoms with Gasteiger partial charge in [0.05, 0.1) is 12.0 Å². The minimum atomic E-state index is -0.316. The molecule has 0 atom stereocenters. The first-order chi connectivity index (χ1) is 12.1. The molecule has 0 aromatic heterocycles. The molecule has 0 radical (unpaired) electrons. The Morgan fingerprint density at radius 3 is 2.56 bits per heavy atom. The van der Waals surface area contributed by atoms with Gasteiger partial charge in [0.2, 0.25) is 5.91 Å². The number of fused-ring (bicyclic) bond motifs is 1. The van der Waals surface area contributed by atoms with Gasteiger partial charge in [0, 0.05) is 51.6 Å². The summed E-state index contributed by atoms with van der Waals surface area (Å²) in [4.78, 5) is 28.3. The Morgan fingerprint density at radius 2 is 1.88 bits per heavy atom. The van der Waals surface area contributed by atoms with Gasteiger partial charge in [-0.05, 0) is 31.3 Å². The summed E-state index contributed by atoms with van der Waals surface area (Å²) in [6, 6.07) is 5.95. The maximum Gasteiger partial charge on any atom is 0.219 e. The second kappa shape index (κ2) is 6.33. The lowest BCUT2D eigenvalue weighted by Gasteiger charge is -2.41. The zero-order valence-corrected chi connectivity index (χ0v) is 14.7. The van der Waals surface area contributed by atoms with E-state index in [2.05, 4.69) is 10.2 Å². The van der Waals surface area contributed by atoms with Crippen molar-refractivity contribution in [2.24, 2.45) is 0 Å². The molecule has 1 amide bonds. The molecular formula is C19H25N3O3.